The normalized spacial score (nSPS) is 12.1. The Morgan fingerprint density at radius 1 is 1.12 bits per heavy atom. The molecule has 0 unspecified atom stereocenters. The van der Waals surface area contributed by atoms with Crippen LogP contribution in [0.3, 0.4) is 0 Å². The minimum Gasteiger partial charge on any atom is -0.444 e. The van der Waals surface area contributed by atoms with Crippen molar-refractivity contribution in [3.8, 4) is 11.3 Å². The molecule has 0 aliphatic rings. The molecular weight excluding hydrogens is 441 g/mol. The Bertz CT molecular complexity index is 1200. The Morgan fingerprint density at radius 2 is 1.85 bits per heavy atom. The third-order valence-electron chi connectivity index (χ3n) is 4.76. The van der Waals surface area contributed by atoms with Gasteiger partial charge in [0.25, 0.3) is 0 Å². The number of amides is 2. The summed E-state index contributed by atoms with van der Waals surface area (Å²) in [7, 11) is 1.67. The van der Waals surface area contributed by atoms with E-state index in [1.807, 2.05) is 0 Å². The number of anilines is 2. The number of carbonyl (C=O) groups excluding carboxylic acids is 2. The Kier molecular flexibility index (Phi) is 7.19. The highest BCUT2D eigenvalue weighted by atomic mass is 19.1. The van der Waals surface area contributed by atoms with E-state index in [0.29, 0.717) is 34.0 Å². The van der Waals surface area contributed by atoms with E-state index in [1.54, 1.807) is 72.1 Å². The minimum absolute atomic E-state index is 0.371. The number of halogens is 1. The molecule has 1 aromatic carbocycles. The highest BCUT2D eigenvalue weighted by Crippen LogP contribution is 2.29. The highest BCUT2D eigenvalue weighted by Gasteiger charge is 2.20. The number of rotatable bonds is 5. The van der Waals surface area contributed by atoms with Crippen LogP contribution < -0.4 is 10.6 Å². The first-order chi connectivity index (χ1) is 15.9. The van der Waals surface area contributed by atoms with Gasteiger partial charge in [0.2, 0.25) is 0 Å². The third-order valence-corrected chi connectivity index (χ3v) is 4.76. The van der Waals surface area contributed by atoms with Crippen LogP contribution in [0, 0.1) is 12.7 Å². The fourth-order valence-corrected chi connectivity index (χ4v) is 3.14. The van der Waals surface area contributed by atoms with Crippen molar-refractivity contribution in [2.75, 3.05) is 10.6 Å². The Hall–Kier alpha value is -3.95. The van der Waals surface area contributed by atoms with Crippen LogP contribution in [0.4, 0.5) is 25.5 Å². The van der Waals surface area contributed by atoms with Crippen molar-refractivity contribution in [3.63, 3.8) is 0 Å². The summed E-state index contributed by atoms with van der Waals surface area (Å²) < 4.78 is 25.6. The van der Waals surface area contributed by atoms with Gasteiger partial charge in [-0.1, -0.05) is 12.1 Å². The van der Waals surface area contributed by atoms with Crippen LogP contribution in [0.15, 0.2) is 42.6 Å². The molecule has 10 heteroatoms. The summed E-state index contributed by atoms with van der Waals surface area (Å²) in [6.07, 6.45) is -0.398. The minimum atomic E-state index is -0.721. The van der Waals surface area contributed by atoms with E-state index in [1.165, 1.54) is 16.8 Å². The quantitative estimate of drug-likeness (QED) is 0.505. The summed E-state index contributed by atoms with van der Waals surface area (Å²) in [5.41, 5.74) is 2.06. The van der Waals surface area contributed by atoms with Crippen LogP contribution in [-0.2, 0) is 16.5 Å². The molecule has 2 amide bonds. The monoisotopic (exact) mass is 469 g/mol. The number of carbonyl (C=O) groups is 2. The number of aryl methyl sites for hydroxylation is 2. The summed E-state index contributed by atoms with van der Waals surface area (Å²) >= 11 is 0. The van der Waals surface area contributed by atoms with Crippen molar-refractivity contribution < 1.29 is 23.5 Å². The average molecular weight is 470 g/mol. The van der Waals surface area contributed by atoms with Crippen molar-refractivity contribution >= 4 is 23.7 Å². The first kappa shape index (κ1) is 24.7. The molecule has 0 radical (unpaired) electrons. The topological polar surface area (TPSA) is 107 Å². The summed E-state index contributed by atoms with van der Waals surface area (Å²) in [6, 6.07) is 9.26. The molecule has 2 aromatic heterocycles. The molecule has 0 saturated heterocycles. The van der Waals surface area contributed by atoms with Gasteiger partial charge in [-0.25, -0.2) is 14.0 Å². The second-order valence-corrected chi connectivity index (χ2v) is 8.71. The molecule has 1 atom stereocenters. The molecule has 9 nitrogen and oxygen atoms in total. The molecule has 0 saturated carbocycles. The number of hydrogen-bond acceptors (Lipinski definition) is 6. The molecular formula is C24H28FN5O4. The summed E-state index contributed by atoms with van der Waals surface area (Å²) in [5.74, 6) is -0.0375. The Balaban J connectivity index is 1.74. The second kappa shape index (κ2) is 9.90. The standard InChI is InChI=1S/C24H28FN5O4/c1-14-19(28-23(32)34-24(3,4)5)10-11-20(27-14)18-13-26-30(6)21(18)29-22(31)33-15(2)16-8-7-9-17(25)12-16/h7-13,15H,1-6H3,(H,28,32)(H,29,31)/t15-/m1/s1. The third kappa shape index (κ3) is 6.31. The predicted molar refractivity (Wildman–Crippen MR) is 126 cm³/mol. The molecule has 0 spiro atoms. The van der Waals surface area contributed by atoms with E-state index in [4.69, 9.17) is 9.47 Å². The number of aromatic nitrogens is 3. The second-order valence-electron chi connectivity index (χ2n) is 8.71. The van der Waals surface area contributed by atoms with Gasteiger partial charge in [0.1, 0.15) is 23.3 Å². The van der Waals surface area contributed by atoms with E-state index in [2.05, 4.69) is 20.7 Å². The molecule has 34 heavy (non-hydrogen) atoms. The molecule has 3 rings (SSSR count). The van der Waals surface area contributed by atoms with Crippen LogP contribution >= 0.6 is 0 Å². The first-order valence-electron chi connectivity index (χ1n) is 10.7. The number of hydrogen-bond donors (Lipinski definition) is 2. The van der Waals surface area contributed by atoms with Crippen LogP contribution in [0.5, 0.6) is 0 Å². The van der Waals surface area contributed by atoms with Gasteiger partial charge in [-0.3, -0.25) is 20.3 Å². The van der Waals surface area contributed by atoms with Crippen LogP contribution in [-0.4, -0.2) is 32.6 Å². The lowest BCUT2D eigenvalue weighted by Gasteiger charge is -2.20. The van der Waals surface area contributed by atoms with Crippen molar-refractivity contribution in [3.05, 3.63) is 59.7 Å². The van der Waals surface area contributed by atoms with E-state index in [-0.39, 0.29) is 0 Å². The molecule has 2 heterocycles. The molecule has 0 bridgehead atoms. The maximum Gasteiger partial charge on any atom is 0.413 e. The zero-order valence-electron chi connectivity index (χ0n) is 20.0. The van der Waals surface area contributed by atoms with Crippen LogP contribution in [0.25, 0.3) is 11.3 Å². The Morgan fingerprint density at radius 3 is 2.50 bits per heavy atom. The first-order valence-corrected chi connectivity index (χ1v) is 10.7. The fourth-order valence-electron chi connectivity index (χ4n) is 3.14. The number of nitrogens with zero attached hydrogens (tertiary/aromatic N) is 3. The van der Waals surface area contributed by atoms with Gasteiger partial charge in [0.05, 0.1) is 28.8 Å². The smallest absolute Gasteiger partial charge is 0.413 e. The van der Waals surface area contributed by atoms with Crippen molar-refractivity contribution in [1.29, 1.82) is 0 Å². The molecule has 180 valence electrons. The van der Waals surface area contributed by atoms with E-state index < -0.39 is 29.7 Å². The molecule has 3 aromatic rings. The van der Waals surface area contributed by atoms with Crippen molar-refractivity contribution in [1.82, 2.24) is 14.8 Å². The van der Waals surface area contributed by atoms with Gasteiger partial charge in [0, 0.05) is 7.05 Å². The van der Waals surface area contributed by atoms with Crippen LogP contribution in [0.2, 0.25) is 0 Å². The maximum absolute atomic E-state index is 13.5. The summed E-state index contributed by atoms with van der Waals surface area (Å²) in [5, 5.41) is 9.56. The zero-order chi connectivity index (χ0) is 25.0. The summed E-state index contributed by atoms with van der Waals surface area (Å²) in [6.45, 7) is 8.74. The van der Waals surface area contributed by atoms with E-state index in [0.717, 1.165) is 0 Å². The van der Waals surface area contributed by atoms with E-state index >= 15 is 0 Å². The predicted octanol–water partition coefficient (Wildman–Crippen LogP) is 5.59. The number of pyridine rings is 1. The molecule has 2 N–H and O–H groups in total. The van der Waals surface area contributed by atoms with Gasteiger partial charge in [0.15, 0.2) is 0 Å². The number of ether oxygens (including phenoxy) is 2. The summed E-state index contributed by atoms with van der Waals surface area (Å²) in [4.78, 5) is 29.1. The lowest BCUT2D eigenvalue weighted by Crippen LogP contribution is -2.27. The highest BCUT2D eigenvalue weighted by molar-refractivity contribution is 5.90. The zero-order valence-corrected chi connectivity index (χ0v) is 20.0. The Labute approximate surface area is 197 Å². The van der Waals surface area contributed by atoms with Gasteiger partial charge < -0.3 is 9.47 Å². The van der Waals surface area contributed by atoms with E-state index in [9.17, 15) is 14.0 Å². The molecule has 0 aliphatic carbocycles. The number of nitrogens with one attached hydrogen (secondary N) is 2. The SMILES string of the molecule is Cc1nc(-c2cnn(C)c2NC(=O)O[C@H](C)c2cccc(F)c2)ccc1NC(=O)OC(C)(C)C. The lowest BCUT2D eigenvalue weighted by atomic mass is 10.1. The van der Waals surface area contributed by atoms with Crippen molar-refractivity contribution in [2.45, 2.75) is 46.3 Å². The van der Waals surface area contributed by atoms with Crippen LogP contribution in [0.1, 0.15) is 45.1 Å². The van der Waals surface area contributed by atoms with Gasteiger partial charge >= 0.3 is 12.2 Å². The van der Waals surface area contributed by atoms with Gasteiger partial charge in [-0.15, -0.1) is 0 Å². The lowest BCUT2D eigenvalue weighted by molar-refractivity contribution is 0.0635. The molecule has 0 fully saturated rings. The molecule has 0 aliphatic heterocycles. The number of benzene rings is 1. The fraction of sp³-hybridized carbons (Fsp3) is 0.333. The largest absolute Gasteiger partial charge is 0.444 e. The van der Waals surface area contributed by atoms with Gasteiger partial charge in [-0.2, -0.15) is 5.10 Å². The van der Waals surface area contributed by atoms with Gasteiger partial charge in [-0.05, 0) is 64.4 Å². The van der Waals surface area contributed by atoms with Crippen molar-refractivity contribution in [2.24, 2.45) is 7.05 Å². The maximum atomic E-state index is 13.5. The average Bonchev–Trinajstić information content (AvgIpc) is 3.08.